The summed E-state index contributed by atoms with van der Waals surface area (Å²) in [7, 11) is 1.70. The molecule has 0 aromatic heterocycles. The average Bonchev–Trinajstić information content (AvgIpc) is 2.53. The first-order chi connectivity index (χ1) is 10.6. The van der Waals surface area contributed by atoms with Crippen LogP contribution in [0.15, 0.2) is 18.2 Å². The summed E-state index contributed by atoms with van der Waals surface area (Å²) in [5, 5.41) is 3.74. The highest BCUT2D eigenvalue weighted by Crippen LogP contribution is 2.42. The van der Waals surface area contributed by atoms with Gasteiger partial charge < -0.3 is 14.8 Å². The first kappa shape index (κ1) is 17.1. The lowest BCUT2D eigenvalue weighted by atomic mass is 9.86. The summed E-state index contributed by atoms with van der Waals surface area (Å²) in [6.07, 6.45) is 7.21. The van der Waals surface area contributed by atoms with Crippen molar-refractivity contribution in [3.63, 3.8) is 0 Å². The van der Waals surface area contributed by atoms with Crippen LogP contribution >= 0.6 is 0 Å². The molecular weight excluding hydrogens is 274 g/mol. The number of unbranched alkanes of at least 4 members (excludes halogenated alkanes) is 3. The van der Waals surface area contributed by atoms with Crippen LogP contribution in [0, 0.1) is 0 Å². The summed E-state index contributed by atoms with van der Waals surface area (Å²) in [5.41, 5.74) is 1.17. The van der Waals surface area contributed by atoms with E-state index in [1.165, 1.54) is 31.2 Å². The number of benzene rings is 1. The first-order valence-electron chi connectivity index (χ1n) is 8.72. The number of rotatable bonds is 8. The molecule has 1 aromatic rings. The van der Waals surface area contributed by atoms with Gasteiger partial charge in [0.1, 0.15) is 17.1 Å². The quantitative estimate of drug-likeness (QED) is 0.696. The molecule has 3 heteroatoms. The van der Waals surface area contributed by atoms with Crippen molar-refractivity contribution in [1.29, 1.82) is 0 Å². The summed E-state index contributed by atoms with van der Waals surface area (Å²) in [6.45, 7) is 7.74. The lowest BCUT2D eigenvalue weighted by Crippen LogP contribution is -2.41. The second-order valence-corrected chi connectivity index (χ2v) is 6.58. The van der Waals surface area contributed by atoms with Gasteiger partial charge in [-0.15, -0.1) is 0 Å². The lowest BCUT2D eigenvalue weighted by molar-refractivity contribution is 0.0439. The third-order valence-electron chi connectivity index (χ3n) is 4.76. The molecule has 1 N–H and O–H groups in total. The molecule has 0 amide bonds. The fourth-order valence-corrected chi connectivity index (χ4v) is 3.09. The molecule has 1 aromatic carbocycles. The van der Waals surface area contributed by atoms with E-state index >= 15 is 0 Å². The van der Waals surface area contributed by atoms with Gasteiger partial charge in [-0.05, 0) is 32.4 Å². The van der Waals surface area contributed by atoms with Gasteiger partial charge in [-0.3, -0.25) is 0 Å². The number of hydrogen-bond donors (Lipinski definition) is 1. The summed E-state index contributed by atoms with van der Waals surface area (Å²) in [4.78, 5) is 0. The molecule has 22 heavy (non-hydrogen) atoms. The maximum Gasteiger partial charge on any atom is 0.128 e. The van der Waals surface area contributed by atoms with Gasteiger partial charge in [-0.1, -0.05) is 39.2 Å². The summed E-state index contributed by atoms with van der Waals surface area (Å²) >= 11 is 0. The molecule has 0 saturated heterocycles. The van der Waals surface area contributed by atoms with E-state index in [0.717, 1.165) is 30.9 Å². The Bertz CT molecular complexity index is 475. The van der Waals surface area contributed by atoms with Crippen molar-refractivity contribution in [2.24, 2.45) is 0 Å². The van der Waals surface area contributed by atoms with Crippen LogP contribution < -0.4 is 14.8 Å². The first-order valence-corrected chi connectivity index (χ1v) is 8.72. The maximum absolute atomic E-state index is 6.27. The van der Waals surface area contributed by atoms with Gasteiger partial charge in [0.05, 0.1) is 7.11 Å². The molecule has 124 valence electrons. The van der Waals surface area contributed by atoms with Gasteiger partial charge in [0.2, 0.25) is 0 Å². The van der Waals surface area contributed by atoms with E-state index in [1.807, 2.05) is 12.1 Å². The maximum atomic E-state index is 6.27. The molecular formula is C19H31NO2. The zero-order valence-corrected chi connectivity index (χ0v) is 14.6. The highest BCUT2D eigenvalue weighted by Gasteiger charge is 2.35. The average molecular weight is 305 g/mol. The third-order valence-corrected chi connectivity index (χ3v) is 4.76. The minimum Gasteiger partial charge on any atom is -0.497 e. The number of ether oxygens (including phenoxy) is 2. The smallest absolute Gasteiger partial charge is 0.128 e. The largest absolute Gasteiger partial charge is 0.497 e. The van der Waals surface area contributed by atoms with Crippen molar-refractivity contribution < 1.29 is 9.47 Å². The molecule has 0 radical (unpaired) electrons. The molecule has 0 saturated carbocycles. The van der Waals surface area contributed by atoms with Crippen molar-refractivity contribution in [3.8, 4) is 11.5 Å². The van der Waals surface area contributed by atoms with Gasteiger partial charge in [0.15, 0.2) is 0 Å². The second-order valence-electron chi connectivity index (χ2n) is 6.58. The van der Waals surface area contributed by atoms with Gasteiger partial charge in [-0.2, -0.15) is 0 Å². The molecule has 1 aliphatic heterocycles. The van der Waals surface area contributed by atoms with Crippen LogP contribution in [0.4, 0.5) is 0 Å². The zero-order valence-electron chi connectivity index (χ0n) is 14.6. The van der Waals surface area contributed by atoms with Crippen molar-refractivity contribution >= 4 is 0 Å². The summed E-state index contributed by atoms with van der Waals surface area (Å²) in [5.74, 6) is 1.84. The number of methoxy groups -OCH3 is 1. The normalized spacial score (nSPS) is 23.7. The minimum atomic E-state index is -0.0968. The predicted molar refractivity (Wildman–Crippen MR) is 91.8 cm³/mol. The Morgan fingerprint density at radius 2 is 2.09 bits per heavy atom. The molecule has 0 bridgehead atoms. The fourth-order valence-electron chi connectivity index (χ4n) is 3.09. The summed E-state index contributed by atoms with van der Waals surface area (Å²) in [6, 6.07) is 6.57. The van der Waals surface area contributed by atoms with Gasteiger partial charge in [0.25, 0.3) is 0 Å². The standard InChI is InChI=1S/C19H31NO2/c1-5-7-8-9-12-20-17-14-19(3,6-2)22-18-13-15(21-4)10-11-16(17)18/h10-11,13,17,20H,5-9,12,14H2,1-4H3. The van der Waals surface area contributed by atoms with Crippen LogP contribution in [-0.4, -0.2) is 19.3 Å². The molecule has 2 unspecified atom stereocenters. The van der Waals surface area contributed by atoms with Crippen LogP contribution in [0.3, 0.4) is 0 Å². The SMILES string of the molecule is CCCCCCNC1CC(C)(CC)Oc2cc(OC)ccc21. The van der Waals surface area contributed by atoms with E-state index < -0.39 is 0 Å². The third kappa shape index (κ3) is 4.16. The molecule has 2 atom stereocenters. The molecule has 3 nitrogen and oxygen atoms in total. The lowest BCUT2D eigenvalue weighted by Gasteiger charge is -2.40. The monoisotopic (exact) mass is 305 g/mol. The number of nitrogens with one attached hydrogen (secondary N) is 1. The fraction of sp³-hybridized carbons (Fsp3) is 0.684. The molecule has 0 aliphatic carbocycles. The van der Waals surface area contributed by atoms with E-state index in [9.17, 15) is 0 Å². The van der Waals surface area contributed by atoms with E-state index in [-0.39, 0.29) is 5.60 Å². The second kappa shape index (κ2) is 7.87. The molecule has 2 rings (SSSR count). The molecule has 1 heterocycles. The van der Waals surface area contributed by atoms with Gasteiger partial charge in [0, 0.05) is 24.1 Å². The van der Waals surface area contributed by atoms with Crippen LogP contribution in [0.5, 0.6) is 11.5 Å². The van der Waals surface area contributed by atoms with E-state index in [1.54, 1.807) is 7.11 Å². The van der Waals surface area contributed by atoms with Crippen LogP contribution in [0.2, 0.25) is 0 Å². The van der Waals surface area contributed by atoms with Crippen molar-refractivity contribution in [1.82, 2.24) is 5.32 Å². The topological polar surface area (TPSA) is 30.5 Å². The van der Waals surface area contributed by atoms with E-state index in [4.69, 9.17) is 9.47 Å². The molecule has 0 spiro atoms. The Morgan fingerprint density at radius 1 is 1.27 bits per heavy atom. The van der Waals surface area contributed by atoms with Crippen LogP contribution in [-0.2, 0) is 0 Å². The predicted octanol–water partition coefficient (Wildman–Crippen LogP) is 4.86. The summed E-state index contributed by atoms with van der Waals surface area (Å²) < 4.78 is 11.6. The minimum absolute atomic E-state index is 0.0968. The van der Waals surface area contributed by atoms with Crippen molar-refractivity contribution in [3.05, 3.63) is 23.8 Å². The van der Waals surface area contributed by atoms with Crippen molar-refractivity contribution in [2.45, 2.75) is 70.9 Å². The Labute approximate surface area is 135 Å². The zero-order chi connectivity index (χ0) is 16.0. The van der Waals surface area contributed by atoms with E-state index in [0.29, 0.717) is 6.04 Å². The molecule has 1 aliphatic rings. The Kier molecular flexibility index (Phi) is 6.13. The van der Waals surface area contributed by atoms with Crippen LogP contribution in [0.25, 0.3) is 0 Å². The Balaban J connectivity index is 2.09. The Morgan fingerprint density at radius 3 is 2.77 bits per heavy atom. The van der Waals surface area contributed by atoms with E-state index in [2.05, 4.69) is 32.2 Å². The Hall–Kier alpha value is -1.22. The highest BCUT2D eigenvalue weighted by molar-refractivity contribution is 5.44. The number of hydrogen-bond acceptors (Lipinski definition) is 3. The number of fused-ring (bicyclic) bond motifs is 1. The van der Waals surface area contributed by atoms with Gasteiger partial charge in [-0.25, -0.2) is 0 Å². The van der Waals surface area contributed by atoms with Crippen molar-refractivity contribution in [2.75, 3.05) is 13.7 Å². The molecule has 0 fully saturated rings. The van der Waals surface area contributed by atoms with Crippen LogP contribution in [0.1, 0.15) is 70.9 Å². The highest BCUT2D eigenvalue weighted by atomic mass is 16.5. The van der Waals surface area contributed by atoms with Gasteiger partial charge >= 0.3 is 0 Å².